The van der Waals surface area contributed by atoms with Crippen LogP contribution in [-0.2, 0) is 16.8 Å². The van der Waals surface area contributed by atoms with E-state index < -0.39 is 5.54 Å². The van der Waals surface area contributed by atoms with Crippen LogP contribution >= 0.6 is 0 Å². The van der Waals surface area contributed by atoms with Gasteiger partial charge in [0, 0.05) is 6.54 Å². The fourth-order valence-corrected chi connectivity index (χ4v) is 3.58. The molecule has 0 spiro atoms. The molecule has 0 bridgehead atoms. The van der Waals surface area contributed by atoms with Crippen molar-refractivity contribution in [2.45, 2.75) is 44.1 Å². The highest BCUT2D eigenvalue weighted by atomic mass is 16.5. The number of hydrogen-bond acceptors (Lipinski definition) is 6. The van der Waals surface area contributed by atoms with E-state index in [0.29, 0.717) is 24.5 Å². The largest absolute Gasteiger partial charge is 0.493 e. The maximum absolute atomic E-state index is 13.0. The summed E-state index contributed by atoms with van der Waals surface area (Å²) in [7, 11) is 3.22. The molecule has 1 saturated carbocycles. The molecular formula is C18H25N5O3. The van der Waals surface area contributed by atoms with E-state index in [4.69, 9.17) is 9.47 Å². The minimum atomic E-state index is -0.667. The van der Waals surface area contributed by atoms with Crippen molar-refractivity contribution in [1.82, 2.24) is 25.5 Å². The van der Waals surface area contributed by atoms with Crippen LogP contribution in [0.2, 0.25) is 0 Å². The Labute approximate surface area is 152 Å². The number of nitrogens with one attached hydrogen (secondary N) is 1. The molecule has 1 N–H and O–H groups in total. The number of ether oxygens (including phenoxy) is 2. The molecule has 26 heavy (non-hydrogen) atoms. The summed E-state index contributed by atoms with van der Waals surface area (Å²) in [5.74, 6) is 1.37. The summed E-state index contributed by atoms with van der Waals surface area (Å²) < 4.78 is 12.2. The van der Waals surface area contributed by atoms with E-state index in [-0.39, 0.29) is 5.91 Å². The minimum absolute atomic E-state index is 0.00928. The predicted molar refractivity (Wildman–Crippen MR) is 95.1 cm³/mol. The van der Waals surface area contributed by atoms with E-state index in [1.165, 1.54) is 0 Å². The van der Waals surface area contributed by atoms with E-state index in [1.807, 2.05) is 18.2 Å². The Kier molecular flexibility index (Phi) is 5.70. The Morgan fingerprint density at radius 1 is 1.19 bits per heavy atom. The molecule has 1 heterocycles. The first-order chi connectivity index (χ1) is 12.7. The van der Waals surface area contributed by atoms with Crippen molar-refractivity contribution in [3.05, 3.63) is 30.1 Å². The number of carbonyl (C=O) groups excluding carboxylic acids is 1. The van der Waals surface area contributed by atoms with Crippen LogP contribution in [0.5, 0.6) is 11.5 Å². The lowest BCUT2D eigenvalue weighted by Gasteiger charge is -2.35. The molecule has 1 fully saturated rings. The van der Waals surface area contributed by atoms with Crippen LogP contribution in [0, 0.1) is 0 Å². The highest BCUT2D eigenvalue weighted by molar-refractivity contribution is 5.84. The molecule has 8 heteroatoms. The normalized spacial score (nSPS) is 16.1. The van der Waals surface area contributed by atoms with Gasteiger partial charge in [-0.25, -0.2) is 4.68 Å². The lowest BCUT2D eigenvalue weighted by atomic mass is 9.81. The third-order valence-corrected chi connectivity index (χ3v) is 5.04. The lowest BCUT2D eigenvalue weighted by Crippen LogP contribution is -2.50. The summed E-state index contributed by atoms with van der Waals surface area (Å²) in [5, 5.41) is 14.5. The fraction of sp³-hybridized carbons (Fsp3) is 0.556. The van der Waals surface area contributed by atoms with Gasteiger partial charge in [-0.1, -0.05) is 25.3 Å². The molecule has 0 aliphatic heterocycles. The Bertz CT molecular complexity index is 726. The van der Waals surface area contributed by atoms with Gasteiger partial charge in [0.15, 0.2) is 11.5 Å². The van der Waals surface area contributed by atoms with Gasteiger partial charge in [0.05, 0.1) is 14.2 Å². The predicted octanol–water partition coefficient (Wildman–Crippen LogP) is 1.71. The zero-order chi connectivity index (χ0) is 18.4. The van der Waals surface area contributed by atoms with E-state index >= 15 is 0 Å². The van der Waals surface area contributed by atoms with Crippen molar-refractivity contribution in [2.24, 2.45) is 0 Å². The van der Waals surface area contributed by atoms with Gasteiger partial charge < -0.3 is 14.8 Å². The molecule has 1 aromatic carbocycles. The molecule has 140 valence electrons. The average molecular weight is 359 g/mol. The molecule has 3 rings (SSSR count). The van der Waals surface area contributed by atoms with Gasteiger partial charge in [-0.05, 0) is 47.4 Å². The van der Waals surface area contributed by atoms with Crippen molar-refractivity contribution in [1.29, 1.82) is 0 Å². The van der Waals surface area contributed by atoms with Gasteiger partial charge in [-0.15, -0.1) is 5.10 Å². The summed E-state index contributed by atoms with van der Waals surface area (Å²) >= 11 is 0. The molecule has 8 nitrogen and oxygen atoms in total. The second-order valence-corrected chi connectivity index (χ2v) is 6.54. The number of amides is 1. The monoisotopic (exact) mass is 359 g/mol. The number of nitrogens with zero attached hydrogens (tertiary/aromatic N) is 4. The molecule has 1 amide bonds. The molecule has 1 aliphatic carbocycles. The second kappa shape index (κ2) is 8.16. The maximum atomic E-state index is 13.0. The summed E-state index contributed by atoms with van der Waals surface area (Å²) in [6.07, 6.45) is 6.92. The summed E-state index contributed by atoms with van der Waals surface area (Å²) in [4.78, 5) is 13.0. The Hall–Kier alpha value is -2.64. The smallest absolute Gasteiger partial charge is 0.248 e. The minimum Gasteiger partial charge on any atom is -0.493 e. The van der Waals surface area contributed by atoms with Crippen molar-refractivity contribution < 1.29 is 14.3 Å². The van der Waals surface area contributed by atoms with Gasteiger partial charge in [0.25, 0.3) is 0 Å². The van der Waals surface area contributed by atoms with E-state index in [0.717, 1.165) is 37.7 Å². The molecular weight excluding hydrogens is 334 g/mol. The number of carbonyl (C=O) groups is 1. The highest BCUT2D eigenvalue weighted by Crippen LogP contribution is 2.34. The van der Waals surface area contributed by atoms with Gasteiger partial charge in [-0.2, -0.15) is 0 Å². The maximum Gasteiger partial charge on any atom is 0.248 e. The van der Waals surface area contributed by atoms with Crippen molar-refractivity contribution in [2.75, 3.05) is 20.8 Å². The zero-order valence-corrected chi connectivity index (χ0v) is 15.3. The lowest BCUT2D eigenvalue weighted by molar-refractivity contribution is -0.132. The number of methoxy groups -OCH3 is 2. The number of benzene rings is 1. The average Bonchev–Trinajstić information content (AvgIpc) is 3.23. The first-order valence-corrected chi connectivity index (χ1v) is 8.92. The molecule has 0 unspecified atom stereocenters. The Morgan fingerprint density at radius 3 is 2.62 bits per heavy atom. The first kappa shape index (κ1) is 18.2. The van der Waals surface area contributed by atoms with Crippen molar-refractivity contribution in [3.8, 4) is 11.5 Å². The molecule has 1 aromatic heterocycles. The third-order valence-electron chi connectivity index (χ3n) is 5.04. The summed E-state index contributed by atoms with van der Waals surface area (Å²) in [6, 6.07) is 5.79. The second-order valence-electron chi connectivity index (χ2n) is 6.54. The highest BCUT2D eigenvalue weighted by Gasteiger charge is 2.42. The standard InChI is InChI=1S/C18H25N5O3/c1-25-15-7-6-14(12-16(15)26-2)8-11-19-17(24)18(9-4-3-5-10-18)23-13-20-21-22-23/h6-7,12-13H,3-5,8-11H2,1-2H3,(H,19,24). The summed E-state index contributed by atoms with van der Waals surface area (Å²) in [5.41, 5.74) is 0.405. The van der Waals surface area contributed by atoms with Crippen LogP contribution in [0.1, 0.15) is 37.7 Å². The van der Waals surface area contributed by atoms with Crippen LogP contribution in [0.25, 0.3) is 0 Å². The molecule has 0 saturated heterocycles. The van der Waals surface area contributed by atoms with Gasteiger partial charge >= 0.3 is 0 Å². The van der Waals surface area contributed by atoms with Crippen molar-refractivity contribution in [3.63, 3.8) is 0 Å². The fourth-order valence-electron chi connectivity index (χ4n) is 3.58. The van der Waals surface area contributed by atoms with E-state index in [1.54, 1.807) is 25.2 Å². The molecule has 0 atom stereocenters. The van der Waals surface area contributed by atoms with Gasteiger partial charge in [0.1, 0.15) is 11.9 Å². The summed E-state index contributed by atoms with van der Waals surface area (Å²) in [6.45, 7) is 0.540. The van der Waals surface area contributed by atoms with Crippen molar-refractivity contribution >= 4 is 5.91 Å². The number of aromatic nitrogens is 4. The van der Waals surface area contributed by atoms with Crippen LogP contribution in [0.15, 0.2) is 24.5 Å². The number of tetrazole rings is 1. The SMILES string of the molecule is COc1ccc(CCNC(=O)C2(n3cnnn3)CCCCC2)cc1OC. The Morgan fingerprint density at radius 2 is 1.96 bits per heavy atom. The number of rotatable bonds is 7. The number of hydrogen-bond donors (Lipinski definition) is 1. The quantitative estimate of drug-likeness (QED) is 0.809. The molecule has 2 aromatic rings. The van der Waals surface area contributed by atoms with Gasteiger partial charge in [-0.3, -0.25) is 4.79 Å². The van der Waals surface area contributed by atoms with Crippen LogP contribution in [0.3, 0.4) is 0 Å². The zero-order valence-electron chi connectivity index (χ0n) is 15.3. The van der Waals surface area contributed by atoms with Crippen LogP contribution in [-0.4, -0.2) is 46.9 Å². The van der Waals surface area contributed by atoms with Crippen LogP contribution in [0.4, 0.5) is 0 Å². The van der Waals surface area contributed by atoms with E-state index in [9.17, 15) is 4.79 Å². The molecule has 1 aliphatic rings. The third kappa shape index (κ3) is 3.63. The van der Waals surface area contributed by atoms with Gasteiger partial charge in [0.2, 0.25) is 5.91 Å². The Balaban J connectivity index is 1.64. The van der Waals surface area contributed by atoms with E-state index in [2.05, 4.69) is 20.8 Å². The topological polar surface area (TPSA) is 91.2 Å². The first-order valence-electron chi connectivity index (χ1n) is 8.92. The van der Waals surface area contributed by atoms with Crippen LogP contribution < -0.4 is 14.8 Å². The molecule has 0 radical (unpaired) electrons.